The topological polar surface area (TPSA) is 39.2 Å². The Morgan fingerprint density at radius 3 is 2.43 bits per heavy atom. The Kier molecular flexibility index (Phi) is 3.80. The molecule has 2 heteroatoms. The first-order chi connectivity index (χ1) is 10.2. The van der Waals surface area contributed by atoms with Crippen molar-refractivity contribution in [3.05, 3.63) is 71.0 Å². The SMILES string of the molecule is CC(C)c1c(CN)oc2ccc(Cc3ccccc3)cc12. The van der Waals surface area contributed by atoms with E-state index in [1.807, 2.05) is 6.07 Å². The van der Waals surface area contributed by atoms with Crippen molar-refractivity contribution < 1.29 is 4.42 Å². The quantitative estimate of drug-likeness (QED) is 0.757. The van der Waals surface area contributed by atoms with Crippen molar-refractivity contribution in [3.63, 3.8) is 0 Å². The van der Waals surface area contributed by atoms with Gasteiger partial charge in [-0.15, -0.1) is 0 Å². The molecule has 0 radical (unpaired) electrons. The first kappa shape index (κ1) is 13.9. The van der Waals surface area contributed by atoms with Crippen molar-refractivity contribution in [1.82, 2.24) is 0 Å². The normalized spacial score (nSPS) is 11.4. The molecule has 3 rings (SSSR count). The fraction of sp³-hybridized carbons (Fsp3) is 0.263. The van der Waals surface area contributed by atoms with E-state index in [1.165, 1.54) is 22.1 Å². The number of hydrogen-bond acceptors (Lipinski definition) is 2. The molecule has 0 saturated carbocycles. The average Bonchev–Trinajstić information content (AvgIpc) is 2.86. The number of rotatable bonds is 4. The Labute approximate surface area is 125 Å². The van der Waals surface area contributed by atoms with Crippen LogP contribution in [-0.2, 0) is 13.0 Å². The maximum absolute atomic E-state index is 5.89. The van der Waals surface area contributed by atoms with E-state index in [4.69, 9.17) is 10.2 Å². The molecule has 21 heavy (non-hydrogen) atoms. The van der Waals surface area contributed by atoms with Crippen molar-refractivity contribution in [3.8, 4) is 0 Å². The molecule has 108 valence electrons. The standard InChI is InChI=1S/C19H21NO/c1-13(2)19-16-11-15(10-14-6-4-3-5-7-14)8-9-17(16)21-18(19)12-20/h3-9,11,13H,10,12,20H2,1-2H3. The Morgan fingerprint density at radius 2 is 1.76 bits per heavy atom. The van der Waals surface area contributed by atoms with Crippen molar-refractivity contribution in [2.24, 2.45) is 5.73 Å². The first-order valence-corrected chi connectivity index (χ1v) is 7.47. The number of furan rings is 1. The van der Waals surface area contributed by atoms with Crippen LogP contribution in [0.25, 0.3) is 11.0 Å². The van der Waals surface area contributed by atoms with Gasteiger partial charge in [0.2, 0.25) is 0 Å². The van der Waals surface area contributed by atoms with E-state index in [-0.39, 0.29) is 0 Å². The molecule has 0 atom stereocenters. The zero-order valence-electron chi connectivity index (χ0n) is 12.6. The molecule has 0 spiro atoms. The minimum Gasteiger partial charge on any atom is -0.459 e. The van der Waals surface area contributed by atoms with E-state index >= 15 is 0 Å². The lowest BCUT2D eigenvalue weighted by molar-refractivity contribution is 0.541. The molecule has 3 aromatic rings. The van der Waals surface area contributed by atoms with Gasteiger partial charge < -0.3 is 10.2 Å². The fourth-order valence-electron chi connectivity index (χ4n) is 2.94. The molecule has 1 aromatic heterocycles. The van der Waals surface area contributed by atoms with E-state index < -0.39 is 0 Å². The van der Waals surface area contributed by atoms with Crippen molar-refractivity contribution in [1.29, 1.82) is 0 Å². The number of benzene rings is 2. The molecular formula is C19H21NO. The van der Waals surface area contributed by atoms with Gasteiger partial charge in [0.25, 0.3) is 0 Å². The fourth-order valence-corrected chi connectivity index (χ4v) is 2.94. The molecule has 0 aliphatic heterocycles. The van der Waals surface area contributed by atoms with Gasteiger partial charge in [-0.1, -0.05) is 50.2 Å². The maximum atomic E-state index is 5.89. The summed E-state index contributed by atoms with van der Waals surface area (Å²) in [4.78, 5) is 0. The second kappa shape index (κ2) is 5.74. The molecule has 0 unspecified atom stereocenters. The lowest BCUT2D eigenvalue weighted by Crippen LogP contribution is -1.99. The summed E-state index contributed by atoms with van der Waals surface area (Å²) in [5.74, 6) is 1.33. The maximum Gasteiger partial charge on any atom is 0.134 e. The van der Waals surface area contributed by atoms with Gasteiger partial charge >= 0.3 is 0 Å². The van der Waals surface area contributed by atoms with Crippen LogP contribution >= 0.6 is 0 Å². The Balaban J connectivity index is 2.04. The average molecular weight is 279 g/mol. The molecular weight excluding hydrogens is 258 g/mol. The zero-order valence-corrected chi connectivity index (χ0v) is 12.6. The summed E-state index contributed by atoms with van der Waals surface area (Å²) >= 11 is 0. The van der Waals surface area contributed by atoms with E-state index in [2.05, 4.69) is 56.3 Å². The van der Waals surface area contributed by atoms with Gasteiger partial charge in [-0.05, 0) is 35.6 Å². The van der Waals surface area contributed by atoms with Crippen LogP contribution < -0.4 is 5.73 Å². The van der Waals surface area contributed by atoms with Gasteiger partial charge in [0.1, 0.15) is 11.3 Å². The highest BCUT2D eigenvalue weighted by molar-refractivity contribution is 5.83. The van der Waals surface area contributed by atoms with E-state index in [1.54, 1.807) is 0 Å². The van der Waals surface area contributed by atoms with Gasteiger partial charge in [0, 0.05) is 10.9 Å². The molecule has 0 aliphatic rings. The molecule has 1 heterocycles. The van der Waals surface area contributed by atoms with Crippen LogP contribution in [0.1, 0.15) is 42.2 Å². The highest BCUT2D eigenvalue weighted by Crippen LogP contribution is 2.32. The smallest absolute Gasteiger partial charge is 0.134 e. The third-order valence-electron chi connectivity index (χ3n) is 3.88. The highest BCUT2D eigenvalue weighted by atomic mass is 16.3. The summed E-state index contributed by atoms with van der Waals surface area (Å²) in [6.45, 7) is 4.83. The largest absolute Gasteiger partial charge is 0.459 e. The second-order valence-corrected chi connectivity index (χ2v) is 5.79. The van der Waals surface area contributed by atoms with Gasteiger partial charge in [0.05, 0.1) is 6.54 Å². The van der Waals surface area contributed by atoms with Crippen LogP contribution in [-0.4, -0.2) is 0 Å². The van der Waals surface area contributed by atoms with Gasteiger partial charge in [-0.2, -0.15) is 0 Å². The van der Waals surface area contributed by atoms with Crippen molar-refractivity contribution in [2.75, 3.05) is 0 Å². The zero-order chi connectivity index (χ0) is 14.8. The lowest BCUT2D eigenvalue weighted by atomic mass is 9.96. The van der Waals surface area contributed by atoms with E-state index in [0.717, 1.165) is 17.8 Å². The molecule has 0 saturated heterocycles. The van der Waals surface area contributed by atoms with E-state index in [9.17, 15) is 0 Å². The Morgan fingerprint density at radius 1 is 1.00 bits per heavy atom. The molecule has 0 aliphatic carbocycles. The predicted octanol–water partition coefficient (Wildman–Crippen LogP) is 4.61. The minimum absolute atomic E-state index is 0.414. The molecule has 0 fully saturated rings. The third kappa shape index (κ3) is 2.72. The van der Waals surface area contributed by atoms with Gasteiger partial charge in [-0.25, -0.2) is 0 Å². The number of fused-ring (bicyclic) bond motifs is 1. The molecule has 2 N–H and O–H groups in total. The van der Waals surface area contributed by atoms with Crippen LogP contribution in [0.3, 0.4) is 0 Å². The Hall–Kier alpha value is -2.06. The Bertz CT molecular complexity index is 741. The minimum atomic E-state index is 0.414. The predicted molar refractivity (Wildman–Crippen MR) is 87.4 cm³/mol. The summed E-state index contributed by atoms with van der Waals surface area (Å²) in [7, 11) is 0. The summed E-state index contributed by atoms with van der Waals surface area (Å²) < 4.78 is 5.89. The second-order valence-electron chi connectivity index (χ2n) is 5.79. The molecule has 2 aromatic carbocycles. The number of hydrogen-bond donors (Lipinski definition) is 1. The summed E-state index contributed by atoms with van der Waals surface area (Å²) in [6, 6.07) is 17.0. The highest BCUT2D eigenvalue weighted by Gasteiger charge is 2.16. The molecule has 2 nitrogen and oxygen atoms in total. The van der Waals surface area contributed by atoms with Crippen LogP contribution in [0.5, 0.6) is 0 Å². The van der Waals surface area contributed by atoms with Crippen LogP contribution in [0.4, 0.5) is 0 Å². The molecule has 0 bridgehead atoms. The first-order valence-electron chi connectivity index (χ1n) is 7.47. The number of nitrogens with two attached hydrogens (primary N) is 1. The lowest BCUT2D eigenvalue weighted by Gasteiger charge is -2.06. The van der Waals surface area contributed by atoms with Gasteiger partial charge in [-0.3, -0.25) is 0 Å². The van der Waals surface area contributed by atoms with Crippen LogP contribution in [0.15, 0.2) is 52.9 Å². The van der Waals surface area contributed by atoms with Crippen LogP contribution in [0.2, 0.25) is 0 Å². The van der Waals surface area contributed by atoms with Gasteiger partial charge in [0.15, 0.2) is 0 Å². The summed E-state index contributed by atoms with van der Waals surface area (Å²) in [5.41, 5.74) is 10.6. The monoisotopic (exact) mass is 279 g/mol. The summed E-state index contributed by atoms with van der Waals surface area (Å²) in [5, 5.41) is 1.21. The van der Waals surface area contributed by atoms with E-state index in [0.29, 0.717) is 12.5 Å². The third-order valence-corrected chi connectivity index (χ3v) is 3.88. The van der Waals surface area contributed by atoms with Crippen LogP contribution in [0, 0.1) is 0 Å². The van der Waals surface area contributed by atoms with Crippen molar-refractivity contribution >= 4 is 11.0 Å². The summed E-state index contributed by atoms with van der Waals surface area (Å²) in [6.07, 6.45) is 0.942. The molecule has 0 amide bonds. The van der Waals surface area contributed by atoms with Crippen molar-refractivity contribution in [2.45, 2.75) is 32.7 Å².